The van der Waals surface area contributed by atoms with Gasteiger partial charge >= 0.3 is 0 Å². The molecule has 0 aliphatic carbocycles. The molecule has 0 aromatic heterocycles. The molecular weight excluding hydrogens is 967 g/mol. The summed E-state index contributed by atoms with van der Waals surface area (Å²) in [6.45, 7) is 22.8. The molecule has 3 nitrogen and oxygen atoms in total. The van der Waals surface area contributed by atoms with Crippen LogP contribution in [0.3, 0.4) is 0 Å². The van der Waals surface area contributed by atoms with E-state index in [1.165, 1.54) is 112 Å². The van der Waals surface area contributed by atoms with Gasteiger partial charge in [0.1, 0.15) is 0 Å². The van der Waals surface area contributed by atoms with Crippen molar-refractivity contribution in [1.29, 1.82) is 0 Å². The summed E-state index contributed by atoms with van der Waals surface area (Å²) in [4.78, 5) is 7.43. The second-order valence-electron chi connectivity index (χ2n) is 22.0. The number of fused-ring (bicyclic) bond motifs is 2. The smallest absolute Gasteiger partial charge is 0.0742 e. The van der Waals surface area contributed by atoms with Crippen LogP contribution in [0.2, 0.25) is 0 Å². The van der Waals surface area contributed by atoms with Gasteiger partial charge in [0.15, 0.2) is 0 Å². The van der Waals surface area contributed by atoms with Crippen LogP contribution in [0, 0.1) is 69.2 Å². The van der Waals surface area contributed by atoms with Gasteiger partial charge in [0.2, 0.25) is 0 Å². The maximum absolute atomic E-state index is 2.49. The highest BCUT2D eigenvalue weighted by Gasteiger charge is 2.46. The maximum Gasteiger partial charge on any atom is 0.0742 e. The molecule has 1 aliphatic heterocycles. The molecule has 0 saturated carbocycles. The Morgan fingerprint density at radius 3 is 0.850 bits per heavy atom. The zero-order chi connectivity index (χ0) is 55.4. The van der Waals surface area contributed by atoms with Gasteiger partial charge in [0.25, 0.3) is 0 Å². The van der Waals surface area contributed by atoms with Crippen LogP contribution in [0.5, 0.6) is 0 Å². The zero-order valence-electron chi connectivity index (χ0n) is 47.9. The number of anilines is 9. The van der Waals surface area contributed by atoms with Gasteiger partial charge < -0.3 is 14.7 Å². The number of hydrogen-bond acceptors (Lipinski definition) is 3. The maximum atomic E-state index is 2.49. The summed E-state index contributed by atoms with van der Waals surface area (Å²) in [6, 6.07) is 87.6. The Labute approximate surface area is 474 Å². The molecule has 0 saturated heterocycles. The first-order valence-electron chi connectivity index (χ1n) is 28.2. The van der Waals surface area contributed by atoms with Crippen LogP contribution in [0.4, 0.5) is 51.2 Å². The summed E-state index contributed by atoms with van der Waals surface area (Å²) in [5.74, 6) is 0. The van der Waals surface area contributed by atoms with Crippen molar-refractivity contribution in [2.75, 3.05) is 14.7 Å². The highest BCUT2D eigenvalue weighted by Crippen LogP contribution is 2.58. The number of rotatable bonds is 11. The molecule has 392 valence electrons. The fourth-order valence-corrected chi connectivity index (χ4v) is 12.9. The molecule has 1 heterocycles. The van der Waals surface area contributed by atoms with Gasteiger partial charge in [-0.05, 0) is 242 Å². The summed E-state index contributed by atoms with van der Waals surface area (Å²) in [6.07, 6.45) is 0. The quantitative estimate of drug-likeness (QED) is 0.128. The molecule has 12 rings (SSSR count). The summed E-state index contributed by atoms with van der Waals surface area (Å²) in [5, 5.41) is 0. The molecule has 0 spiro atoms. The Bertz CT molecular complexity index is 3760. The Balaban J connectivity index is 1.07. The van der Waals surface area contributed by atoms with Gasteiger partial charge in [-0.25, -0.2) is 0 Å². The lowest BCUT2D eigenvalue weighted by molar-refractivity contribution is 0.731. The zero-order valence-corrected chi connectivity index (χ0v) is 47.9. The minimum absolute atomic E-state index is 0.731. The van der Waals surface area contributed by atoms with Crippen molar-refractivity contribution in [3.05, 3.63) is 314 Å². The van der Waals surface area contributed by atoms with E-state index < -0.39 is 5.41 Å². The molecular formula is C77H69N3. The Kier molecular flexibility index (Phi) is 13.5. The van der Waals surface area contributed by atoms with Crippen LogP contribution in [0.25, 0.3) is 22.3 Å². The van der Waals surface area contributed by atoms with Crippen LogP contribution < -0.4 is 14.7 Å². The van der Waals surface area contributed by atoms with E-state index in [0.29, 0.717) is 0 Å². The largest absolute Gasteiger partial charge is 0.310 e. The molecule has 11 aromatic carbocycles. The molecule has 0 bridgehead atoms. The molecule has 80 heavy (non-hydrogen) atoms. The minimum Gasteiger partial charge on any atom is -0.310 e. The minimum atomic E-state index is -0.731. The van der Waals surface area contributed by atoms with E-state index in [-0.39, 0.29) is 0 Å². The average molecular weight is 1040 g/mol. The van der Waals surface area contributed by atoms with E-state index in [2.05, 4.69) is 321 Å². The number of nitrogens with zero attached hydrogens (tertiary/aromatic N) is 3. The predicted molar refractivity (Wildman–Crippen MR) is 341 cm³/mol. The third kappa shape index (κ3) is 8.51. The first-order valence-corrected chi connectivity index (χ1v) is 28.2. The second kappa shape index (κ2) is 20.9. The van der Waals surface area contributed by atoms with E-state index in [1.807, 2.05) is 0 Å². The summed E-state index contributed by atoms with van der Waals surface area (Å²) >= 11 is 0. The van der Waals surface area contributed by atoms with Crippen molar-refractivity contribution in [3.63, 3.8) is 0 Å². The summed E-state index contributed by atoms with van der Waals surface area (Å²) < 4.78 is 0. The van der Waals surface area contributed by atoms with Crippen molar-refractivity contribution in [1.82, 2.24) is 0 Å². The first kappa shape index (κ1) is 51.6. The molecule has 0 amide bonds. The molecule has 0 atom stereocenters. The van der Waals surface area contributed by atoms with Gasteiger partial charge in [0, 0.05) is 28.4 Å². The van der Waals surface area contributed by atoms with Crippen molar-refractivity contribution in [3.8, 4) is 22.3 Å². The molecule has 0 N–H and O–H groups in total. The Morgan fingerprint density at radius 1 is 0.250 bits per heavy atom. The summed E-state index contributed by atoms with van der Waals surface area (Å²) in [5.41, 5.74) is 32.4. The van der Waals surface area contributed by atoms with Crippen LogP contribution in [-0.4, -0.2) is 0 Å². The lowest BCUT2D eigenvalue weighted by Crippen LogP contribution is -2.37. The van der Waals surface area contributed by atoms with Crippen LogP contribution in [0.1, 0.15) is 77.9 Å². The fourth-order valence-electron chi connectivity index (χ4n) is 12.9. The van der Waals surface area contributed by atoms with E-state index in [9.17, 15) is 0 Å². The molecule has 0 fully saturated rings. The van der Waals surface area contributed by atoms with Crippen LogP contribution >= 0.6 is 0 Å². The highest BCUT2D eigenvalue weighted by atomic mass is 15.2. The Hall–Kier alpha value is -9.18. The molecule has 0 radical (unpaired) electrons. The topological polar surface area (TPSA) is 9.72 Å². The van der Waals surface area contributed by atoms with E-state index in [1.54, 1.807) is 0 Å². The molecule has 11 aromatic rings. The van der Waals surface area contributed by atoms with E-state index in [4.69, 9.17) is 0 Å². The van der Waals surface area contributed by atoms with E-state index >= 15 is 0 Å². The number of para-hydroxylation sites is 3. The van der Waals surface area contributed by atoms with Gasteiger partial charge in [-0.1, -0.05) is 164 Å². The third-order valence-electron chi connectivity index (χ3n) is 18.1. The average Bonchev–Trinajstić information content (AvgIpc) is 3.66. The predicted octanol–water partition coefficient (Wildman–Crippen LogP) is 21.2. The second-order valence-corrected chi connectivity index (χ2v) is 22.0. The number of hydrogen-bond donors (Lipinski definition) is 0. The van der Waals surface area contributed by atoms with Gasteiger partial charge in [-0.3, -0.25) is 0 Å². The van der Waals surface area contributed by atoms with Gasteiger partial charge in [-0.15, -0.1) is 0 Å². The normalized spacial score (nSPS) is 12.4. The van der Waals surface area contributed by atoms with Crippen LogP contribution in [-0.2, 0) is 5.41 Å². The number of benzene rings is 11. The Morgan fingerprint density at radius 2 is 0.512 bits per heavy atom. The van der Waals surface area contributed by atoms with Gasteiger partial charge in [0.05, 0.1) is 28.2 Å². The van der Waals surface area contributed by atoms with Crippen molar-refractivity contribution in [2.24, 2.45) is 0 Å². The van der Waals surface area contributed by atoms with E-state index in [0.717, 1.165) is 39.8 Å². The lowest BCUT2D eigenvalue weighted by atomic mass is 9.62. The van der Waals surface area contributed by atoms with Crippen molar-refractivity contribution >= 4 is 51.2 Å². The monoisotopic (exact) mass is 1040 g/mol. The molecule has 1 aliphatic rings. The lowest BCUT2D eigenvalue weighted by Gasteiger charge is -2.46. The van der Waals surface area contributed by atoms with Gasteiger partial charge in [-0.2, -0.15) is 0 Å². The third-order valence-corrected chi connectivity index (χ3v) is 18.1. The highest BCUT2D eigenvalue weighted by molar-refractivity contribution is 5.91. The first-order chi connectivity index (χ1) is 38.9. The fraction of sp³-hybridized carbons (Fsp3) is 0.143. The summed E-state index contributed by atoms with van der Waals surface area (Å²) in [7, 11) is 0. The standard InChI is InChI=1S/C77H69N3/c1-50-52(3)56(7)75(57(8)53(50)4)78(67-42-34-62(35-43-67)60-24-14-11-15-25-60)69-46-38-64(39-47-69)77(71-30-20-22-32-73(71)80(66-28-18-13-19-29-66)74-33-23-21-31-72(74)77)65-40-48-70(49-41-65)79(76-58(9)54(5)51(2)55(6)59(76)10)68-44-36-63(37-45-68)61-26-16-12-17-27-61/h11-49H,1-10H3. The van der Waals surface area contributed by atoms with Crippen LogP contribution in [0.15, 0.2) is 237 Å². The van der Waals surface area contributed by atoms with Crippen molar-refractivity contribution < 1.29 is 0 Å². The van der Waals surface area contributed by atoms with Crippen molar-refractivity contribution in [2.45, 2.75) is 74.7 Å². The molecule has 0 unspecified atom stereocenters. The SMILES string of the molecule is Cc1c(C)c(C)c(N(c2ccc(-c3ccccc3)cc2)c2ccc(C3(c4ccc(N(c5ccc(-c6ccccc6)cc5)c5c(C)c(C)c(C)c(C)c5C)cc4)c4ccccc4N(c4ccccc4)c4ccccc43)cc2)c(C)c1C. The molecule has 3 heteroatoms.